The number of rotatable bonds is 8. The number of hydrogen-bond donors (Lipinski definition) is 1. The maximum atomic E-state index is 12.5. The highest BCUT2D eigenvalue weighted by molar-refractivity contribution is 14.3. The van der Waals surface area contributed by atoms with Gasteiger partial charge in [-0.3, -0.25) is 0 Å². The first-order valence-electron chi connectivity index (χ1n) is 5.81. The van der Waals surface area contributed by atoms with Gasteiger partial charge in [0.2, 0.25) is 0 Å². The highest BCUT2D eigenvalue weighted by Crippen LogP contribution is 2.79. The molecule has 0 aromatic rings. The summed E-state index contributed by atoms with van der Waals surface area (Å²) in [5, 5.41) is 12.5. The van der Waals surface area contributed by atoms with Gasteiger partial charge in [-0.15, -0.1) is 0 Å². The molecular formula is C9HI19O. The van der Waals surface area contributed by atoms with Crippen LogP contribution in [-0.4, -0.2) is 16.2 Å². The Bertz CT molecular complexity index is 589. The average molecular weight is 2540 g/mol. The SMILES string of the molecule is OC(C(I)(I)I)(C(I)(I)I)C(I)(I)C(I)(I)C(I)(I)C(I)(I)C(I)(I)C(I)(I)I. The molecule has 0 atom stereocenters. The van der Waals surface area contributed by atoms with Crippen molar-refractivity contribution in [1.29, 1.82) is 0 Å². The molecule has 0 rings (SSSR count). The summed E-state index contributed by atoms with van der Waals surface area (Å²) >= 11 is 48.2. The summed E-state index contributed by atoms with van der Waals surface area (Å²) in [5.41, 5.74) is -1.01. The van der Waals surface area contributed by atoms with E-state index in [1.165, 1.54) is 0 Å². The van der Waals surface area contributed by atoms with Crippen molar-refractivity contribution in [3.63, 3.8) is 0 Å². The molecule has 0 saturated carbocycles. The van der Waals surface area contributed by atoms with Crippen molar-refractivity contribution in [2.45, 2.75) is 11.0 Å². The van der Waals surface area contributed by atoms with E-state index in [1.807, 2.05) is 0 Å². The molecule has 0 aliphatic carbocycles. The topological polar surface area (TPSA) is 20.2 Å². The van der Waals surface area contributed by atoms with E-state index >= 15 is 0 Å². The van der Waals surface area contributed by atoms with Crippen LogP contribution in [0.2, 0.25) is 0 Å². The Morgan fingerprint density at radius 2 is 0.483 bits per heavy atom. The summed E-state index contributed by atoms with van der Waals surface area (Å²) in [4.78, 5) is 0. The van der Waals surface area contributed by atoms with Gasteiger partial charge in [-0.2, -0.15) is 0 Å². The second-order valence-electron chi connectivity index (χ2n) is 5.08. The standard InChI is InChI=1S/C9HI19O/c10-2(11,1(29,7(20,21)22)8(23,24)25)3(12,13)4(14,15)5(16,17)6(18,19)9(26,27)28/h29H. The third kappa shape index (κ3) is 9.01. The maximum absolute atomic E-state index is 12.5. The molecule has 20 heteroatoms. The molecule has 176 valence electrons. The fourth-order valence-electron chi connectivity index (χ4n) is 1.51. The van der Waals surface area contributed by atoms with E-state index in [2.05, 4.69) is 429 Å². The number of aliphatic hydroxyl groups is 1. The second-order valence-corrected chi connectivity index (χ2v) is 64.7. The van der Waals surface area contributed by atoms with Gasteiger partial charge in [0, 0.05) is 0 Å². The lowest BCUT2D eigenvalue weighted by Crippen LogP contribution is -2.73. The molecule has 1 nitrogen and oxygen atoms in total. The summed E-state index contributed by atoms with van der Waals surface area (Å²) in [6.45, 7) is 0. The third-order valence-corrected chi connectivity index (χ3v) is 49.1. The van der Waals surface area contributed by atoms with Crippen LogP contribution in [0.3, 0.4) is 0 Å². The first-order chi connectivity index (χ1) is 12.0. The molecule has 1 N–H and O–H groups in total. The van der Waals surface area contributed by atoms with Crippen LogP contribution >= 0.6 is 429 Å². The van der Waals surface area contributed by atoms with E-state index in [0.717, 1.165) is 0 Å². The van der Waals surface area contributed by atoms with Crippen LogP contribution in [0.25, 0.3) is 0 Å². The van der Waals surface area contributed by atoms with Crippen molar-refractivity contribution in [2.75, 3.05) is 0 Å². The third-order valence-electron chi connectivity index (χ3n) is 3.21. The van der Waals surface area contributed by atoms with Gasteiger partial charge in [0.1, 0.15) is 6.58 Å². The lowest BCUT2D eigenvalue weighted by Gasteiger charge is -2.60. The summed E-state index contributed by atoms with van der Waals surface area (Å²) < 4.78 is -2.12. The largest absolute Gasteiger partial charge is 0.381 e. The molecule has 0 aliphatic rings. The molecule has 0 aromatic heterocycles. The Labute approximate surface area is 430 Å². The first kappa shape index (κ1) is 42.8. The van der Waals surface area contributed by atoms with Crippen molar-refractivity contribution in [2.24, 2.45) is 0 Å². The summed E-state index contributed by atoms with van der Waals surface area (Å²) in [6.07, 6.45) is 0. The van der Waals surface area contributed by atoms with Crippen molar-refractivity contribution < 1.29 is 5.11 Å². The van der Waals surface area contributed by atoms with Crippen LogP contribution in [0.15, 0.2) is 0 Å². The fraction of sp³-hybridized carbons (Fsp3) is 1.00. The maximum Gasteiger partial charge on any atom is 0.157 e. The Balaban J connectivity index is 7.04. The Kier molecular flexibility index (Phi) is 22.4. The predicted molar refractivity (Wildman–Crippen MR) is 293 cm³/mol. The molecule has 0 bridgehead atoms. The molecule has 0 radical (unpaired) electrons. The van der Waals surface area contributed by atoms with Crippen LogP contribution in [0.4, 0.5) is 0 Å². The van der Waals surface area contributed by atoms with E-state index in [-0.39, 0.29) is 5.15 Å². The minimum Gasteiger partial charge on any atom is -0.381 e. The molecular weight excluding hydrogens is 2540 g/mol. The molecule has 0 amide bonds. The van der Waals surface area contributed by atoms with Crippen LogP contribution in [0.5, 0.6) is 0 Å². The Morgan fingerprint density at radius 3 is 0.690 bits per heavy atom. The van der Waals surface area contributed by atoms with Crippen molar-refractivity contribution in [3.05, 3.63) is 0 Å². The number of hydrogen-bond acceptors (Lipinski definition) is 1. The van der Waals surface area contributed by atoms with Gasteiger partial charge < -0.3 is 5.11 Å². The second kappa shape index (κ2) is 15.2. The van der Waals surface area contributed by atoms with Gasteiger partial charge in [-0.05, 0) is 0 Å². The minimum absolute atomic E-state index is 0.00331. The molecule has 0 spiro atoms. The van der Waals surface area contributed by atoms with Crippen LogP contribution < -0.4 is 0 Å². The molecule has 0 unspecified atom stereocenters. The average Bonchev–Trinajstić information content (AvgIpc) is 2.41. The van der Waals surface area contributed by atoms with E-state index in [9.17, 15) is 5.11 Å². The van der Waals surface area contributed by atoms with Crippen LogP contribution in [0, 0.1) is 0 Å². The zero-order chi connectivity index (χ0) is 24.5. The quantitative estimate of drug-likeness (QED) is 0.190. The van der Waals surface area contributed by atoms with E-state index < -0.39 is 5.90 Å². The van der Waals surface area contributed by atoms with E-state index in [4.69, 9.17) is 0 Å². The van der Waals surface area contributed by atoms with Crippen molar-refractivity contribution in [3.8, 4) is 0 Å². The first-order valence-corrected chi connectivity index (χ1v) is 26.3. The highest BCUT2D eigenvalue weighted by Gasteiger charge is 2.79. The molecule has 0 saturated heterocycles. The Morgan fingerprint density at radius 1 is 0.276 bits per heavy atom. The highest BCUT2D eigenvalue weighted by atomic mass is 127. The van der Waals surface area contributed by atoms with Crippen molar-refractivity contribution >= 4 is 429 Å². The van der Waals surface area contributed by atoms with Crippen molar-refractivity contribution in [1.82, 2.24) is 0 Å². The van der Waals surface area contributed by atoms with Gasteiger partial charge >= 0.3 is 0 Å². The lowest BCUT2D eigenvalue weighted by atomic mass is 9.99. The predicted octanol–water partition coefficient (Wildman–Crippen LogP) is 14.4. The normalized spacial score (nSPS) is 17.0. The summed E-state index contributed by atoms with van der Waals surface area (Å²) in [6, 6.07) is 0. The summed E-state index contributed by atoms with van der Waals surface area (Å²) in [5.74, 6) is 0. The molecule has 0 aliphatic heterocycles. The molecule has 0 aromatic carbocycles. The summed E-state index contributed by atoms with van der Waals surface area (Å²) in [7, 11) is 0. The van der Waals surface area contributed by atoms with Crippen LogP contribution in [-0.2, 0) is 0 Å². The molecule has 0 heterocycles. The van der Waals surface area contributed by atoms with Gasteiger partial charge in [0.05, 0.1) is 0 Å². The van der Waals surface area contributed by atoms with E-state index in [1.54, 1.807) is 0 Å². The monoisotopic (exact) mass is 2540 g/mol. The zero-order valence-electron chi connectivity index (χ0n) is 12.1. The molecule has 0 fully saturated rings. The number of alkyl halides is 19. The minimum atomic E-state index is -1.01. The molecule has 29 heavy (non-hydrogen) atoms. The van der Waals surface area contributed by atoms with Gasteiger partial charge in [0.25, 0.3) is 0 Å². The van der Waals surface area contributed by atoms with Crippen LogP contribution in [0.1, 0.15) is 0 Å². The Hall–Kier alpha value is 13.8. The van der Waals surface area contributed by atoms with Gasteiger partial charge in [0.15, 0.2) is 4.47 Å². The van der Waals surface area contributed by atoms with E-state index in [0.29, 0.717) is 0 Å². The number of halogens is 19. The van der Waals surface area contributed by atoms with Gasteiger partial charge in [-0.25, -0.2) is 0 Å². The fourth-order valence-corrected chi connectivity index (χ4v) is 35.8. The lowest BCUT2D eigenvalue weighted by molar-refractivity contribution is 0.0777. The van der Waals surface area contributed by atoms with Gasteiger partial charge in [-0.1, -0.05) is 429 Å². The zero-order valence-corrected chi connectivity index (χ0v) is 53.1. The smallest absolute Gasteiger partial charge is 0.157 e.